The molecule has 2 aliphatic heterocycles. The molecule has 4 heteroatoms. The SMILES string of the molecule is CC(C)(C)OC(=O)N1C[C@@H]2OCc3c(C4CCCC4)cccc3[C@@H]2C1. The van der Waals surface area contributed by atoms with Crippen LogP contribution in [0, 0.1) is 0 Å². The topological polar surface area (TPSA) is 38.8 Å². The van der Waals surface area contributed by atoms with Gasteiger partial charge in [0.15, 0.2) is 0 Å². The quantitative estimate of drug-likeness (QED) is 0.749. The summed E-state index contributed by atoms with van der Waals surface area (Å²) in [7, 11) is 0. The minimum Gasteiger partial charge on any atom is -0.444 e. The number of ether oxygens (including phenoxy) is 2. The minimum absolute atomic E-state index is 0.0962. The third kappa shape index (κ3) is 3.29. The zero-order valence-corrected chi connectivity index (χ0v) is 15.6. The zero-order valence-electron chi connectivity index (χ0n) is 15.6. The van der Waals surface area contributed by atoms with Crippen LogP contribution in [-0.4, -0.2) is 35.8 Å². The summed E-state index contributed by atoms with van der Waals surface area (Å²) in [4.78, 5) is 14.3. The molecule has 0 N–H and O–H groups in total. The molecule has 1 saturated heterocycles. The molecule has 1 amide bonds. The maximum absolute atomic E-state index is 12.4. The van der Waals surface area contributed by atoms with Crippen LogP contribution in [0.15, 0.2) is 18.2 Å². The second-order valence-electron chi connectivity index (χ2n) is 8.74. The highest BCUT2D eigenvalue weighted by molar-refractivity contribution is 5.69. The molecule has 0 bridgehead atoms. The van der Waals surface area contributed by atoms with Gasteiger partial charge in [-0.25, -0.2) is 4.79 Å². The van der Waals surface area contributed by atoms with E-state index >= 15 is 0 Å². The van der Waals surface area contributed by atoms with E-state index in [1.54, 1.807) is 0 Å². The smallest absolute Gasteiger partial charge is 0.410 e. The van der Waals surface area contributed by atoms with Crippen molar-refractivity contribution in [2.24, 2.45) is 0 Å². The van der Waals surface area contributed by atoms with Crippen LogP contribution >= 0.6 is 0 Å². The van der Waals surface area contributed by atoms with Gasteiger partial charge in [0.2, 0.25) is 0 Å². The summed E-state index contributed by atoms with van der Waals surface area (Å²) < 4.78 is 11.7. The van der Waals surface area contributed by atoms with Crippen molar-refractivity contribution in [2.75, 3.05) is 13.1 Å². The highest BCUT2D eigenvalue weighted by atomic mass is 16.6. The summed E-state index contributed by atoms with van der Waals surface area (Å²) in [6.07, 6.45) is 5.16. The number of amides is 1. The number of hydrogen-bond donors (Lipinski definition) is 0. The first-order valence-electron chi connectivity index (χ1n) is 9.63. The molecule has 2 atom stereocenters. The number of likely N-dealkylation sites (tertiary alicyclic amines) is 1. The van der Waals surface area contributed by atoms with E-state index in [4.69, 9.17) is 9.47 Å². The number of rotatable bonds is 1. The molecular formula is C21H29NO3. The molecule has 0 radical (unpaired) electrons. The Morgan fingerprint density at radius 1 is 1.16 bits per heavy atom. The third-order valence-corrected chi connectivity index (χ3v) is 5.80. The molecule has 2 heterocycles. The molecule has 4 rings (SSSR count). The van der Waals surface area contributed by atoms with Crippen LogP contribution in [0.4, 0.5) is 4.79 Å². The number of carbonyl (C=O) groups is 1. The molecule has 25 heavy (non-hydrogen) atoms. The van der Waals surface area contributed by atoms with E-state index in [1.807, 2.05) is 25.7 Å². The maximum Gasteiger partial charge on any atom is 0.410 e. The lowest BCUT2D eigenvalue weighted by molar-refractivity contribution is 0.0123. The Morgan fingerprint density at radius 3 is 2.60 bits per heavy atom. The molecular weight excluding hydrogens is 314 g/mol. The van der Waals surface area contributed by atoms with Gasteiger partial charge in [-0.2, -0.15) is 0 Å². The largest absolute Gasteiger partial charge is 0.444 e. The van der Waals surface area contributed by atoms with Crippen molar-refractivity contribution in [3.05, 3.63) is 34.9 Å². The highest BCUT2D eigenvalue weighted by Gasteiger charge is 2.42. The van der Waals surface area contributed by atoms with Crippen molar-refractivity contribution in [2.45, 2.75) is 76.6 Å². The fraction of sp³-hybridized carbons (Fsp3) is 0.667. The number of fused-ring (bicyclic) bond motifs is 3. The highest BCUT2D eigenvalue weighted by Crippen LogP contribution is 2.43. The average molecular weight is 343 g/mol. The lowest BCUT2D eigenvalue weighted by Gasteiger charge is -2.30. The third-order valence-electron chi connectivity index (χ3n) is 5.80. The Hall–Kier alpha value is -1.55. The first-order chi connectivity index (χ1) is 11.9. The van der Waals surface area contributed by atoms with Gasteiger partial charge in [-0.05, 0) is 56.2 Å². The van der Waals surface area contributed by atoms with Crippen molar-refractivity contribution in [1.29, 1.82) is 0 Å². The standard InChI is InChI=1S/C21H29NO3/c1-21(2,3)25-20(23)22-11-17-16-10-6-9-15(14-7-4-5-8-14)18(16)13-24-19(17)12-22/h6,9-10,14,17,19H,4-5,7-8,11-13H2,1-3H3/t17-,19-/m0/s1. The van der Waals surface area contributed by atoms with Crippen LogP contribution < -0.4 is 0 Å². The molecule has 1 aromatic rings. The molecule has 1 saturated carbocycles. The summed E-state index contributed by atoms with van der Waals surface area (Å²) in [6, 6.07) is 6.73. The summed E-state index contributed by atoms with van der Waals surface area (Å²) in [5.74, 6) is 0.969. The second kappa shape index (κ2) is 6.31. The molecule has 0 unspecified atom stereocenters. The van der Waals surface area contributed by atoms with Gasteiger partial charge in [-0.15, -0.1) is 0 Å². The van der Waals surface area contributed by atoms with E-state index in [9.17, 15) is 4.79 Å². The van der Waals surface area contributed by atoms with Gasteiger partial charge < -0.3 is 14.4 Å². The summed E-state index contributed by atoms with van der Waals surface area (Å²) in [6.45, 7) is 7.74. The van der Waals surface area contributed by atoms with Gasteiger partial charge in [0.25, 0.3) is 0 Å². The van der Waals surface area contributed by atoms with E-state index < -0.39 is 5.60 Å². The molecule has 1 aromatic carbocycles. The van der Waals surface area contributed by atoms with Crippen molar-refractivity contribution < 1.29 is 14.3 Å². The Labute approximate surface area is 150 Å². The summed E-state index contributed by atoms with van der Waals surface area (Å²) >= 11 is 0. The lowest BCUT2D eigenvalue weighted by atomic mass is 9.83. The first kappa shape index (κ1) is 16.9. The number of benzene rings is 1. The summed E-state index contributed by atoms with van der Waals surface area (Å²) in [5, 5.41) is 0. The second-order valence-corrected chi connectivity index (χ2v) is 8.74. The van der Waals surface area contributed by atoms with E-state index in [-0.39, 0.29) is 18.1 Å². The van der Waals surface area contributed by atoms with E-state index in [0.717, 1.165) is 0 Å². The van der Waals surface area contributed by atoms with Gasteiger partial charge in [0, 0.05) is 12.5 Å². The van der Waals surface area contributed by atoms with Crippen LogP contribution in [0.2, 0.25) is 0 Å². The zero-order chi connectivity index (χ0) is 17.6. The Kier molecular flexibility index (Phi) is 4.27. The summed E-state index contributed by atoms with van der Waals surface area (Å²) in [5.41, 5.74) is 3.82. The van der Waals surface area contributed by atoms with E-state index in [2.05, 4.69) is 18.2 Å². The minimum atomic E-state index is -0.459. The van der Waals surface area contributed by atoms with E-state index in [0.29, 0.717) is 25.6 Å². The fourth-order valence-electron chi connectivity index (χ4n) is 4.66. The van der Waals surface area contributed by atoms with Crippen LogP contribution in [0.3, 0.4) is 0 Å². The number of nitrogens with zero attached hydrogens (tertiary/aromatic N) is 1. The Bertz CT molecular complexity index is 658. The predicted molar refractivity (Wildman–Crippen MR) is 96.8 cm³/mol. The molecule has 1 aliphatic carbocycles. The molecule has 0 spiro atoms. The maximum atomic E-state index is 12.4. The van der Waals surface area contributed by atoms with Gasteiger partial charge in [0.05, 0.1) is 19.3 Å². The van der Waals surface area contributed by atoms with Crippen molar-refractivity contribution >= 4 is 6.09 Å². The molecule has 136 valence electrons. The van der Waals surface area contributed by atoms with Gasteiger partial charge in [-0.1, -0.05) is 31.0 Å². The van der Waals surface area contributed by atoms with Crippen LogP contribution in [0.5, 0.6) is 0 Å². The van der Waals surface area contributed by atoms with Gasteiger partial charge in [-0.3, -0.25) is 0 Å². The van der Waals surface area contributed by atoms with Gasteiger partial charge >= 0.3 is 6.09 Å². The lowest BCUT2D eigenvalue weighted by Crippen LogP contribution is -2.36. The van der Waals surface area contributed by atoms with Crippen LogP contribution in [0.25, 0.3) is 0 Å². The number of hydrogen-bond acceptors (Lipinski definition) is 3. The van der Waals surface area contributed by atoms with Crippen LogP contribution in [-0.2, 0) is 16.1 Å². The molecule has 2 fully saturated rings. The monoisotopic (exact) mass is 343 g/mol. The van der Waals surface area contributed by atoms with Crippen LogP contribution in [0.1, 0.15) is 75.0 Å². The predicted octanol–water partition coefficient (Wildman–Crippen LogP) is 4.58. The average Bonchev–Trinajstić information content (AvgIpc) is 3.22. The normalized spacial score (nSPS) is 26.4. The van der Waals surface area contributed by atoms with Crippen molar-refractivity contribution in [3.63, 3.8) is 0 Å². The van der Waals surface area contributed by atoms with Gasteiger partial charge in [0.1, 0.15) is 5.60 Å². The van der Waals surface area contributed by atoms with E-state index in [1.165, 1.54) is 42.4 Å². The Morgan fingerprint density at radius 2 is 1.88 bits per heavy atom. The number of carbonyl (C=O) groups excluding carboxylic acids is 1. The fourth-order valence-corrected chi connectivity index (χ4v) is 4.66. The van der Waals surface area contributed by atoms with Crippen molar-refractivity contribution in [1.82, 2.24) is 4.90 Å². The molecule has 0 aromatic heterocycles. The molecule has 3 aliphatic rings. The first-order valence-corrected chi connectivity index (χ1v) is 9.63. The molecule has 4 nitrogen and oxygen atoms in total. The Balaban J connectivity index is 1.56. The van der Waals surface area contributed by atoms with Crippen molar-refractivity contribution in [3.8, 4) is 0 Å².